The van der Waals surface area contributed by atoms with Crippen molar-refractivity contribution in [3.63, 3.8) is 0 Å². The van der Waals surface area contributed by atoms with Crippen LogP contribution in [0.25, 0.3) is 0 Å². The maximum Gasteiger partial charge on any atom is 0.309 e. The van der Waals surface area contributed by atoms with Gasteiger partial charge in [-0.3, -0.25) is 10.2 Å². The van der Waals surface area contributed by atoms with Crippen molar-refractivity contribution >= 4 is 28.9 Å². The van der Waals surface area contributed by atoms with E-state index in [2.05, 4.69) is 10.5 Å². The average molecular weight is 158 g/mol. The summed E-state index contributed by atoms with van der Waals surface area (Å²) in [7, 11) is 0. The fourth-order valence-electron chi connectivity index (χ4n) is 0.682. The van der Waals surface area contributed by atoms with E-state index >= 15 is 0 Å². The third kappa shape index (κ3) is 1.77. The molecule has 0 amide bonds. The molecule has 0 aromatic carbocycles. The highest BCUT2D eigenvalue weighted by Gasteiger charge is 2.13. The molecule has 0 radical (unpaired) electrons. The van der Waals surface area contributed by atoms with Gasteiger partial charge in [-0.25, -0.2) is 0 Å². The van der Waals surface area contributed by atoms with Gasteiger partial charge >= 0.3 is 5.97 Å². The lowest BCUT2D eigenvalue weighted by atomic mass is 10.2. The minimum atomic E-state index is -0.870. The van der Waals surface area contributed by atoms with Gasteiger partial charge in [0.2, 0.25) is 0 Å². The standard InChI is InChI=1S/C5H6N2O2S/c8-5(9)2-3-1-4(10)7-6-3/h1-2H2,(H,7,10)(H,8,9). The van der Waals surface area contributed by atoms with E-state index in [1.165, 1.54) is 0 Å². The molecule has 0 spiro atoms. The summed E-state index contributed by atoms with van der Waals surface area (Å²) in [5.41, 5.74) is 3.13. The predicted molar refractivity (Wildman–Crippen MR) is 40.0 cm³/mol. The van der Waals surface area contributed by atoms with Crippen molar-refractivity contribution in [3.05, 3.63) is 0 Å². The van der Waals surface area contributed by atoms with Crippen LogP contribution in [0.2, 0.25) is 0 Å². The molecule has 2 N–H and O–H groups in total. The highest BCUT2D eigenvalue weighted by molar-refractivity contribution is 7.80. The van der Waals surface area contributed by atoms with Crippen molar-refractivity contribution in [2.24, 2.45) is 5.10 Å². The molecule has 1 heterocycles. The van der Waals surface area contributed by atoms with E-state index < -0.39 is 5.97 Å². The molecule has 0 unspecified atom stereocenters. The molecule has 0 aliphatic carbocycles. The Morgan fingerprint density at radius 2 is 2.60 bits per heavy atom. The molecule has 1 aliphatic rings. The van der Waals surface area contributed by atoms with E-state index in [-0.39, 0.29) is 6.42 Å². The third-order valence-electron chi connectivity index (χ3n) is 1.06. The molecule has 5 heteroatoms. The zero-order valence-corrected chi connectivity index (χ0v) is 5.94. The molecule has 0 bridgehead atoms. The first-order chi connectivity index (χ1) is 4.68. The third-order valence-corrected chi connectivity index (χ3v) is 1.29. The molecule has 0 atom stereocenters. The van der Waals surface area contributed by atoms with E-state index in [4.69, 9.17) is 17.3 Å². The molecule has 1 rings (SSSR count). The summed E-state index contributed by atoms with van der Waals surface area (Å²) in [5.74, 6) is -0.870. The van der Waals surface area contributed by atoms with E-state index in [1.54, 1.807) is 0 Å². The number of nitrogens with one attached hydrogen (secondary N) is 1. The van der Waals surface area contributed by atoms with Crippen LogP contribution in [0, 0.1) is 0 Å². The SMILES string of the molecule is O=C(O)CC1=NNC(=S)C1. The van der Waals surface area contributed by atoms with Gasteiger partial charge in [-0.2, -0.15) is 5.10 Å². The number of nitrogens with zero attached hydrogens (tertiary/aromatic N) is 1. The minimum Gasteiger partial charge on any atom is -0.481 e. The summed E-state index contributed by atoms with van der Waals surface area (Å²) in [6.07, 6.45) is 0.467. The topological polar surface area (TPSA) is 61.7 Å². The number of carboxylic acids is 1. The lowest BCUT2D eigenvalue weighted by Gasteiger charge is -1.88. The van der Waals surface area contributed by atoms with Crippen LogP contribution in [-0.2, 0) is 4.79 Å². The Labute approximate surface area is 62.9 Å². The smallest absolute Gasteiger partial charge is 0.309 e. The van der Waals surface area contributed by atoms with Crippen LogP contribution in [0.3, 0.4) is 0 Å². The van der Waals surface area contributed by atoms with Crippen molar-refractivity contribution in [3.8, 4) is 0 Å². The van der Waals surface area contributed by atoms with Gasteiger partial charge in [0.25, 0.3) is 0 Å². The van der Waals surface area contributed by atoms with Crippen LogP contribution in [0.1, 0.15) is 12.8 Å². The molecule has 0 fully saturated rings. The Kier molecular flexibility index (Phi) is 1.96. The minimum absolute atomic E-state index is 0.0207. The Bertz CT molecular complexity index is 212. The van der Waals surface area contributed by atoms with Gasteiger partial charge in [0, 0.05) is 6.42 Å². The van der Waals surface area contributed by atoms with Crippen molar-refractivity contribution in [1.82, 2.24) is 5.43 Å². The molecule has 54 valence electrons. The number of carbonyl (C=O) groups is 1. The zero-order valence-electron chi connectivity index (χ0n) is 5.13. The first-order valence-corrected chi connectivity index (χ1v) is 3.15. The zero-order chi connectivity index (χ0) is 7.56. The molecule has 10 heavy (non-hydrogen) atoms. The van der Waals surface area contributed by atoms with Gasteiger partial charge in [0.15, 0.2) is 0 Å². The largest absolute Gasteiger partial charge is 0.481 e. The Morgan fingerprint density at radius 1 is 1.90 bits per heavy atom. The Morgan fingerprint density at radius 3 is 3.00 bits per heavy atom. The number of rotatable bonds is 2. The lowest BCUT2D eigenvalue weighted by molar-refractivity contribution is -0.135. The number of hydrazone groups is 1. The summed E-state index contributed by atoms with van der Waals surface area (Å²) < 4.78 is 0. The summed E-state index contributed by atoms with van der Waals surface area (Å²) in [6.45, 7) is 0. The normalized spacial score (nSPS) is 16.4. The van der Waals surface area contributed by atoms with E-state index in [1.807, 2.05) is 0 Å². The van der Waals surface area contributed by atoms with Crippen LogP contribution in [0.15, 0.2) is 5.10 Å². The highest BCUT2D eigenvalue weighted by Crippen LogP contribution is 2.00. The number of carboxylic acid groups (broad SMARTS) is 1. The van der Waals surface area contributed by atoms with Gasteiger partial charge in [0.05, 0.1) is 12.1 Å². The number of hydrogen-bond donors (Lipinski definition) is 2. The van der Waals surface area contributed by atoms with Crippen LogP contribution in [-0.4, -0.2) is 21.8 Å². The first kappa shape index (κ1) is 7.14. The second-order valence-electron chi connectivity index (χ2n) is 1.96. The highest BCUT2D eigenvalue weighted by atomic mass is 32.1. The van der Waals surface area contributed by atoms with Crippen molar-refractivity contribution in [2.45, 2.75) is 12.8 Å². The fraction of sp³-hybridized carbons (Fsp3) is 0.400. The molecular weight excluding hydrogens is 152 g/mol. The second-order valence-corrected chi connectivity index (χ2v) is 2.45. The predicted octanol–water partition coefficient (Wildman–Crippen LogP) is 0.138. The van der Waals surface area contributed by atoms with Gasteiger partial charge in [-0.15, -0.1) is 0 Å². The Balaban J connectivity index is 2.44. The van der Waals surface area contributed by atoms with Crippen molar-refractivity contribution in [2.75, 3.05) is 0 Å². The van der Waals surface area contributed by atoms with Gasteiger partial charge in [-0.05, 0) is 0 Å². The number of aliphatic carboxylic acids is 1. The van der Waals surface area contributed by atoms with Crippen LogP contribution in [0.5, 0.6) is 0 Å². The van der Waals surface area contributed by atoms with Crippen LogP contribution >= 0.6 is 12.2 Å². The van der Waals surface area contributed by atoms with Crippen LogP contribution < -0.4 is 5.43 Å². The van der Waals surface area contributed by atoms with E-state index in [0.717, 1.165) is 0 Å². The molecule has 0 aromatic rings. The van der Waals surface area contributed by atoms with E-state index in [9.17, 15) is 4.79 Å². The fourth-order valence-corrected chi connectivity index (χ4v) is 0.895. The molecule has 0 saturated carbocycles. The lowest BCUT2D eigenvalue weighted by Crippen LogP contribution is -2.07. The number of hydrogen-bond acceptors (Lipinski definition) is 3. The van der Waals surface area contributed by atoms with Gasteiger partial charge < -0.3 is 5.11 Å². The van der Waals surface area contributed by atoms with Gasteiger partial charge in [-0.1, -0.05) is 12.2 Å². The van der Waals surface area contributed by atoms with Crippen molar-refractivity contribution in [1.29, 1.82) is 0 Å². The average Bonchev–Trinajstić information content (AvgIpc) is 2.13. The summed E-state index contributed by atoms with van der Waals surface area (Å²) >= 11 is 4.73. The molecule has 1 aliphatic heterocycles. The number of thiocarbonyl (C=S) groups is 1. The summed E-state index contributed by atoms with van der Waals surface area (Å²) in [4.78, 5) is 10.7. The molecular formula is C5H6N2O2S. The molecule has 0 saturated heterocycles. The summed E-state index contributed by atoms with van der Waals surface area (Å²) in [6, 6.07) is 0. The first-order valence-electron chi connectivity index (χ1n) is 2.74. The Hall–Kier alpha value is -0.970. The second kappa shape index (κ2) is 2.74. The van der Waals surface area contributed by atoms with Gasteiger partial charge in [0.1, 0.15) is 4.99 Å². The van der Waals surface area contributed by atoms with E-state index in [0.29, 0.717) is 17.1 Å². The maximum absolute atomic E-state index is 10.1. The quantitative estimate of drug-likeness (QED) is 0.561. The molecule has 4 nitrogen and oxygen atoms in total. The van der Waals surface area contributed by atoms with Crippen LogP contribution in [0.4, 0.5) is 0 Å². The molecule has 0 aromatic heterocycles. The maximum atomic E-state index is 10.1. The monoisotopic (exact) mass is 158 g/mol. The summed E-state index contributed by atoms with van der Waals surface area (Å²) in [5, 5.41) is 12.0. The van der Waals surface area contributed by atoms with Crippen molar-refractivity contribution < 1.29 is 9.90 Å².